The number of amides is 2. The van der Waals surface area contributed by atoms with E-state index in [4.69, 9.17) is 4.74 Å². The number of hydrogen-bond acceptors (Lipinski definition) is 7. The van der Waals surface area contributed by atoms with Crippen LogP contribution in [0.15, 0.2) is 18.5 Å². The highest BCUT2D eigenvalue weighted by atomic mass is 32.1. The summed E-state index contributed by atoms with van der Waals surface area (Å²) in [7, 11) is 0. The van der Waals surface area contributed by atoms with Gasteiger partial charge in [-0.2, -0.15) is 0 Å². The van der Waals surface area contributed by atoms with E-state index in [1.807, 2.05) is 32.6 Å². The number of thiazole rings is 1. The summed E-state index contributed by atoms with van der Waals surface area (Å²) < 4.78 is 5.38. The number of carbonyl (C=O) groups excluding carboxylic acids is 2. The van der Waals surface area contributed by atoms with Crippen LogP contribution in [0.5, 0.6) is 0 Å². The van der Waals surface area contributed by atoms with Crippen LogP contribution < -0.4 is 5.32 Å². The molecule has 5 rings (SSSR count). The number of aromatic nitrogens is 3. The van der Waals surface area contributed by atoms with Crippen molar-refractivity contribution in [2.45, 2.75) is 65.1 Å². The molecular formula is C22H29N5O3S. The molecule has 0 spiro atoms. The molecule has 2 aromatic rings. The molecule has 31 heavy (non-hydrogen) atoms. The van der Waals surface area contributed by atoms with Gasteiger partial charge in [0.15, 0.2) is 11.5 Å². The van der Waals surface area contributed by atoms with Crippen molar-refractivity contribution in [3.8, 4) is 10.7 Å². The fourth-order valence-corrected chi connectivity index (χ4v) is 5.35. The third-order valence-electron chi connectivity index (χ3n) is 6.05. The Labute approximate surface area is 186 Å². The molecule has 2 bridgehead atoms. The van der Waals surface area contributed by atoms with Crippen molar-refractivity contribution in [3.05, 3.63) is 29.2 Å². The molecule has 1 saturated carbocycles. The Bertz CT molecular complexity index is 965. The molecule has 0 aromatic carbocycles. The molecule has 4 heterocycles. The predicted octanol–water partition coefficient (Wildman–Crippen LogP) is 3.67. The molecule has 2 atom stereocenters. The lowest BCUT2D eigenvalue weighted by atomic mass is 9.64. The number of fused-ring (bicyclic) bond motifs is 2. The zero-order valence-electron chi connectivity index (χ0n) is 18.6. The molecule has 1 aliphatic carbocycles. The smallest absolute Gasteiger partial charge is 0.407 e. The first-order valence-corrected chi connectivity index (χ1v) is 11.5. The summed E-state index contributed by atoms with van der Waals surface area (Å²) in [4.78, 5) is 41.8. The van der Waals surface area contributed by atoms with Crippen LogP contribution in [0.3, 0.4) is 0 Å². The second-order valence-corrected chi connectivity index (χ2v) is 10.6. The van der Waals surface area contributed by atoms with Crippen LogP contribution in [0.1, 0.15) is 56.0 Å². The highest BCUT2D eigenvalue weighted by molar-refractivity contribution is 7.15. The van der Waals surface area contributed by atoms with Crippen LogP contribution in [0.25, 0.3) is 10.7 Å². The summed E-state index contributed by atoms with van der Waals surface area (Å²) in [6.45, 7) is 9.90. The normalized spacial score (nSPS) is 25.0. The highest BCUT2D eigenvalue weighted by Crippen LogP contribution is 2.47. The van der Waals surface area contributed by atoms with E-state index in [0.29, 0.717) is 28.9 Å². The Hall–Kier alpha value is -2.55. The van der Waals surface area contributed by atoms with Crippen molar-refractivity contribution in [1.29, 1.82) is 0 Å². The van der Waals surface area contributed by atoms with E-state index in [-0.39, 0.29) is 23.9 Å². The topological polar surface area (TPSA) is 97.3 Å². The fraction of sp³-hybridized carbons (Fsp3) is 0.591. The van der Waals surface area contributed by atoms with Crippen LogP contribution in [0.4, 0.5) is 4.79 Å². The SMILES string of the molecule is Cc1nc(C(=O)N2C3CC(C3)C(C)C2CNC(=O)OC(C)(C)C)c(-c2ncccn2)s1. The number of nitrogens with one attached hydrogen (secondary N) is 1. The summed E-state index contributed by atoms with van der Waals surface area (Å²) >= 11 is 1.43. The number of nitrogens with zero attached hydrogens (tertiary/aromatic N) is 4. The van der Waals surface area contributed by atoms with Crippen molar-refractivity contribution >= 4 is 23.3 Å². The molecular weight excluding hydrogens is 414 g/mol. The molecule has 2 saturated heterocycles. The zero-order chi connectivity index (χ0) is 22.3. The van der Waals surface area contributed by atoms with E-state index >= 15 is 0 Å². The van der Waals surface area contributed by atoms with Gasteiger partial charge in [-0.3, -0.25) is 4.79 Å². The van der Waals surface area contributed by atoms with Crippen molar-refractivity contribution in [2.24, 2.45) is 11.8 Å². The number of aryl methyl sites for hydroxylation is 1. The van der Waals surface area contributed by atoms with E-state index in [0.717, 1.165) is 17.8 Å². The average Bonchev–Trinajstić information content (AvgIpc) is 3.06. The monoisotopic (exact) mass is 443 g/mol. The van der Waals surface area contributed by atoms with Crippen LogP contribution >= 0.6 is 11.3 Å². The molecule has 2 unspecified atom stereocenters. The Morgan fingerprint density at radius 3 is 2.58 bits per heavy atom. The van der Waals surface area contributed by atoms with Crippen LogP contribution in [0.2, 0.25) is 0 Å². The van der Waals surface area contributed by atoms with Gasteiger partial charge in [-0.25, -0.2) is 19.7 Å². The number of hydrogen-bond donors (Lipinski definition) is 1. The minimum Gasteiger partial charge on any atom is -0.444 e. The number of ether oxygens (including phenoxy) is 1. The number of piperidine rings is 2. The predicted molar refractivity (Wildman–Crippen MR) is 118 cm³/mol. The van der Waals surface area contributed by atoms with Gasteiger partial charge in [0.25, 0.3) is 5.91 Å². The van der Waals surface area contributed by atoms with E-state index in [2.05, 4.69) is 27.2 Å². The van der Waals surface area contributed by atoms with Gasteiger partial charge in [-0.05, 0) is 58.4 Å². The first kappa shape index (κ1) is 21.7. The third-order valence-corrected chi connectivity index (χ3v) is 7.01. The van der Waals surface area contributed by atoms with Gasteiger partial charge in [0.1, 0.15) is 10.5 Å². The number of alkyl carbamates (subject to hydrolysis) is 1. The van der Waals surface area contributed by atoms with E-state index in [1.54, 1.807) is 18.5 Å². The first-order chi connectivity index (χ1) is 14.6. The first-order valence-electron chi connectivity index (χ1n) is 10.7. The molecule has 9 heteroatoms. The lowest BCUT2D eigenvalue weighted by Gasteiger charge is -2.57. The lowest BCUT2D eigenvalue weighted by Crippen LogP contribution is -2.65. The van der Waals surface area contributed by atoms with Crippen LogP contribution in [-0.2, 0) is 4.74 Å². The second kappa shape index (κ2) is 8.18. The van der Waals surface area contributed by atoms with Crippen molar-refractivity contribution in [2.75, 3.05) is 6.54 Å². The van der Waals surface area contributed by atoms with Crippen molar-refractivity contribution in [1.82, 2.24) is 25.2 Å². The summed E-state index contributed by atoms with van der Waals surface area (Å²) in [5.41, 5.74) is -0.170. The number of carbonyl (C=O) groups is 2. The minimum atomic E-state index is -0.567. The fourth-order valence-electron chi connectivity index (χ4n) is 4.49. The van der Waals surface area contributed by atoms with Gasteiger partial charge in [0, 0.05) is 25.0 Å². The van der Waals surface area contributed by atoms with Gasteiger partial charge < -0.3 is 15.0 Å². The van der Waals surface area contributed by atoms with Gasteiger partial charge in [-0.15, -0.1) is 11.3 Å². The minimum absolute atomic E-state index is 0.107. The van der Waals surface area contributed by atoms with Crippen molar-refractivity contribution in [3.63, 3.8) is 0 Å². The Kier molecular flexibility index (Phi) is 5.72. The van der Waals surface area contributed by atoms with Gasteiger partial charge in [0.05, 0.1) is 11.0 Å². The second-order valence-electron chi connectivity index (χ2n) is 9.39. The zero-order valence-corrected chi connectivity index (χ0v) is 19.4. The molecule has 3 fully saturated rings. The van der Waals surface area contributed by atoms with E-state index in [1.165, 1.54) is 11.3 Å². The van der Waals surface area contributed by atoms with Gasteiger partial charge in [0.2, 0.25) is 0 Å². The molecule has 2 aliphatic heterocycles. The molecule has 3 aliphatic rings. The molecule has 1 N–H and O–H groups in total. The van der Waals surface area contributed by atoms with E-state index in [9.17, 15) is 9.59 Å². The maximum atomic E-state index is 13.7. The summed E-state index contributed by atoms with van der Waals surface area (Å²) in [6, 6.07) is 1.81. The lowest BCUT2D eigenvalue weighted by molar-refractivity contribution is -0.0546. The summed E-state index contributed by atoms with van der Waals surface area (Å²) in [6.07, 6.45) is 4.86. The van der Waals surface area contributed by atoms with Crippen LogP contribution in [0, 0.1) is 18.8 Å². The molecule has 2 aromatic heterocycles. The molecule has 2 amide bonds. The van der Waals surface area contributed by atoms with Gasteiger partial charge >= 0.3 is 6.09 Å². The van der Waals surface area contributed by atoms with Crippen LogP contribution in [-0.4, -0.2) is 56.1 Å². The molecule has 0 radical (unpaired) electrons. The maximum Gasteiger partial charge on any atom is 0.407 e. The Balaban J connectivity index is 1.58. The van der Waals surface area contributed by atoms with Crippen molar-refractivity contribution < 1.29 is 14.3 Å². The Morgan fingerprint density at radius 2 is 1.94 bits per heavy atom. The molecule has 8 nitrogen and oxygen atoms in total. The summed E-state index contributed by atoms with van der Waals surface area (Å²) in [5.74, 6) is 1.25. The quantitative estimate of drug-likeness (QED) is 0.774. The maximum absolute atomic E-state index is 13.7. The average molecular weight is 444 g/mol. The van der Waals surface area contributed by atoms with E-state index < -0.39 is 11.7 Å². The largest absolute Gasteiger partial charge is 0.444 e. The van der Waals surface area contributed by atoms with Gasteiger partial charge in [-0.1, -0.05) is 6.92 Å². The molecule has 166 valence electrons. The summed E-state index contributed by atoms with van der Waals surface area (Å²) in [5, 5.41) is 3.67. The number of rotatable bonds is 4. The third kappa shape index (κ3) is 4.42. The standard InChI is InChI=1S/C22H29N5O3S/c1-12-14-9-15(10-14)27(16(12)11-25-21(29)30-22(3,4)5)20(28)17-18(31-13(2)26-17)19-23-7-6-8-24-19/h6-8,12,14-16H,9-11H2,1-5H3,(H,25,29). The Morgan fingerprint density at radius 1 is 1.26 bits per heavy atom. The highest BCUT2D eigenvalue weighted by Gasteiger charge is 2.51.